The van der Waals surface area contributed by atoms with E-state index >= 15 is 13.2 Å². The van der Waals surface area contributed by atoms with Crippen molar-refractivity contribution >= 4 is 145 Å². The van der Waals surface area contributed by atoms with Crippen molar-refractivity contribution in [2.45, 2.75) is 74.9 Å². The van der Waals surface area contributed by atoms with Crippen LogP contribution in [0.5, 0.6) is 17.2 Å². The first-order valence-electron chi connectivity index (χ1n) is 41.5. The molecule has 9 aromatic rings. The first kappa shape index (κ1) is 93.8. The van der Waals surface area contributed by atoms with Crippen LogP contribution in [-0.2, 0) is 55.7 Å². The number of hydrogen-bond donors (Lipinski definition) is 5. The highest BCUT2D eigenvalue weighted by Crippen LogP contribution is 2.50. The maximum atomic E-state index is 15.3. The fourth-order valence-electron chi connectivity index (χ4n) is 15.1. The summed E-state index contributed by atoms with van der Waals surface area (Å²) in [5, 5.41) is 19.2. The number of ketones is 2. The minimum Gasteiger partial charge on any atom is -0.508 e. The van der Waals surface area contributed by atoms with E-state index in [0.717, 1.165) is 52.2 Å². The summed E-state index contributed by atoms with van der Waals surface area (Å²) >= 11 is 8.31. The van der Waals surface area contributed by atoms with Crippen molar-refractivity contribution in [3.63, 3.8) is 0 Å². The summed E-state index contributed by atoms with van der Waals surface area (Å²) in [6.45, 7) is 7.37. The number of thioether (sulfide) groups is 2. The van der Waals surface area contributed by atoms with Crippen LogP contribution in [-0.4, -0.2) is 224 Å². The van der Waals surface area contributed by atoms with Crippen LogP contribution in [0.2, 0.25) is 0 Å². The van der Waals surface area contributed by atoms with Crippen LogP contribution in [0.4, 0.5) is 50.3 Å². The molecule has 2 fully saturated rings. The molecule has 129 heavy (non-hydrogen) atoms. The Morgan fingerprint density at radius 1 is 0.690 bits per heavy atom. The molecule has 37 heteroatoms. The number of phenols is 1. The predicted molar refractivity (Wildman–Crippen MR) is 475 cm³/mol. The topological polar surface area (TPSA) is 379 Å². The first-order chi connectivity index (χ1) is 61.9. The van der Waals surface area contributed by atoms with E-state index in [1.54, 1.807) is 136 Å². The number of carbonyl (C=O) groups excluding carboxylic acids is 12. The van der Waals surface area contributed by atoms with Crippen molar-refractivity contribution in [1.29, 1.82) is 0 Å². The van der Waals surface area contributed by atoms with Gasteiger partial charge in [-0.2, -0.15) is 13.2 Å². The molecule has 13 rings (SSSR count). The van der Waals surface area contributed by atoms with Gasteiger partial charge in [0.2, 0.25) is 5.91 Å². The standard InChI is InChI=1S/C92H94ClF3N12O19S2/c1-54(2)70(45-65(110)53-124-42-43-125-66-24-29-73(71(46-66)92(94,95)96)108-87(117)80(128-67-25-15-58(16-26-67)84(114)104-34-38-122-39-35-104)81(88(108)118)129-68-27-17-59(18-28-68)85(115)105-36-40-123-41-37-105)75(111)44-60(9-7-31-98-89(97)119)83(113)99-62-19-11-56(12-20-62)52-126-90(120)102(4)32-33-103(5)91(121)127-76-47-74-79(78-55(3)8-6-10-69(76)78)61(48-93)49-107(74)86(116)72-51-106-50-63(21-30-77(106)101-72)100-82(112)57-13-22-64(109)23-14-57/h6,8,10-30,46-47,50-51,54,60-61,70,109H,7,9,31-45,48-49,52-53H2,1-5H3,(H,99,113)(H,100,112)(H3,97,98,119)/t60-,61-,70+/m1/s1. The molecule has 0 radical (unpaired) electrons. The molecule has 2 aromatic heterocycles. The number of benzene rings is 7. The number of imide groups is 1. The van der Waals surface area contributed by atoms with E-state index < -0.39 is 101 Å². The average Bonchev–Trinajstić information content (AvgIpc) is 1.59. The van der Waals surface area contributed by atoms with Crippen molar-refractivity contribution in [3.05, 3.63) is 219 Å². The lowest BCUT2D eigenvalue weighted by molar-refractivity contribution is -0.137. The molecule has 6 N–H and O–H groups in total. The van der Waals surface area contributed by atoms with Gasteiger partial charge in [-0.05, 0) is 163 Å². The zero-order chi connectivity index (χ0) is 91.9. The number of likely N-dealkylation sites (N-methyl/N-ethyl adjacent to an activating group) is 2. The SMILES string of the molecule is Cc1cccc2c(OC(=O)N(C)CCN(C)C(=O)OCc3ccc(NC(=O)[C@H](CCCNC(N)=O)CC(=O)[C@@H](CC(=O)COCCOc4ccc(N5C(=O)C(Sc6ccc(C(=O)N7CCOCC7)cc6)=C(Sc6ccc(C(=O)N7CCOCC7)cc6)C5=O)c(C(F)(F)F)c4)C(C)C)cc3)cc3c(c12)[C@H](CCl)CN3C(=O)c1cn2cc(NC(=O)c3ccc(O)cc3)ccc2n1. The molecule has 4 aliphatic rings. The van der Waals surface area contributed by atoms with Crippen molar-refractivity contribution in [3.8, 4) is 17.2 Å². The number of ether oxygens (including phenoxy) is 6. The lowest BCUT2D eigenvalue weighted by Gasteiger charge is -2.26. The molecule has 0 bridgehead atoms. The first-order valence-corrected chi connectivity index (χ1v) is 43.7. The summed E-state index contributed by atoms with van der Waals surface area (Å²) in [4.78, 5) is 177. The summed E-state index contributed by atoms with van der Waals surface area (Å²) < 4.78 is 81.1. The zero-order valence-corrected chi connectivity index (χ0v) is 73.4. The normalized spacial score (nSPS) is 15.1. The van der Waals surface area contributed by atoms with Crippen molar-refractivity contribution < 1.29 is 104 Å². The molecule has 0 unspecified atom stereocenters. The van der Waals surface area contributed by atoms with E-state index in [9.17, 15) is 62.6 Å². The molecule has 4 aliphatic heterocycles. The van der Waals surface area contributed by atoms with Gasteiger partial charge in [-0.15, -0.1) is 11.6 Å². The molecule has 0 aliphatic carbocycles. The highest BCUT2D eigenvalue weighted by Gasteiger charge is 2.46. The number of nitrogens with one attached hydrogen (secondary N) is 3. The van der Waals surface area contributed by atoms with E-state index in [0.29, 0.717) is 124 Å². The van der Waals surface area contributed by atoms with Crippen LogP contribution in [0.3, 0.4) is 0 Å². The molecule has 0 saturated carbocycles. The number of aromatic hydroxyl groups is 1. The van der Waals surface area contributed by atoms with E-state index in [2.05, 4.69) is 20.9 Å². The molecular formula is C92H94ClF3N12O19S2. The van der Waals surface area contributed by atoms with Gasteiger partial charge in [0.1, 0.15) is 54.2 Å². The Hall–Kier alpha value is -12.9. The summed E-state index contributed by atoms with van der Waals surface area (Å²) in [6, 6.07) is 37.1. The summed E-state index contributed by atoms with van der Waals surface area (Å²) in [7, 11) is 2.99. The highest BCUT2D eigenvalue weighted by molar-refractivity contribution is 8.08. The van der Waals surface area contributed by atoms with E-state index in [1.165, 1.54) is 48.2 Å². The molecule has 7 aromatic carbocycles. The second-order valence-corrected chi connectivity index (χ2v) is 33.9. The number of phenolic OH excluding ortho intramolecular Hbond substituents is 1. The summed E-state index contributed by atoms with van der Waals surface area (Å²) in [5.74, 6) is -7.42. The number of carbonyl (C=O) groups is 12. The van der Waals surface area contributed by atoms with Gasteiger partial charge in [-0.3, -0.25) is 43.2 Å². The molecule has 31 nitrogen and oxygen atoms in total. The number of aryl methyl sites for hydroxylation is 1. The number of aromatic nitrogens is 2. The fourth-order valence-corrected chi connectivity index (χ4v) is 17.4. The smallest absolute Gasteiger partial charge is 0.418 e. The van der Waals surface area contributed by atoms with Crippen LogP contribution in [0.1, 0.15) is 109 Å². The van der Waals surface area contributed by atoms with Gasteiger partial charge in [0.05, 0.1) is 65.5 Å². The Morgan fingerprint density at radius 2 is 1.29 bits per heavy atom. The number of primary amides is 1. The van der Waals surface area contributed by atoms with E-state index in [-0.39, 0.29) is 128 Å². The number of halogens is 4. The number of anilines is 4. The second kappa shape index (κ2) is 42.4. The van der Waals surface area contributed by atoms with Gasteiger partial charge in [0, 0.05) is 159 Å². The number of hydrogen-bond acceptors (Lipinski definition) is 22. The largest absolute Gasteiger partial charge is 0.508 e. The number of fused-ring (bicyclic) bond motifs is 4. The number of amides is 11. The maximum Gasteiger partial charge on any atom is 0.418 e. The number of rotatable bonds is 35. The Bertz CT molecular complexity index is 5680. The molecule has 3 atom stereocenters. The minimum atomic E-state index is -5.15. The van der Waals surface area contributed by atoms with Crippen LogP contribution in [0.25, 0.3) is 16.4 Å². The van der Waals surface area contributed by atoms with Gasteiger partial charge in [-0.25, -0.2) is 24.3 Å². The number of urea groups is 1. The molecule has 676 valence electrons. The third kappa shape index (κ3) is 23.2. The monoisotopic (exact) mass is 1830 g/mol. The fraction of sp³-hybridized carbons (Fsp3) is 0.337. The van der Waals surface area contributed by atoms with Gasteiger partial charge < -0.3 is 84.1 Å². The number of pyridine rings is 1. The Labute approximate surface area is 753 Å². The van der Waals surface area contributed by atoms with Crippen LogP contribution in [0, 0.1) is 24.7 Å². The van der Waals surface area contributed by atoms with Crippen molar-refractivity contribution in [2.24, 2.45) is 23.5 Å². The predicted octanol–water partition coefficient (Wildman–Crippen LogP) is 13.4. The van der Waals surface area contributed by atoms with E-state index in [4.69, 9.17) is 45.8 Å². The Balaban J connectivity index is 0.577. The quantitative estimate of drug-likeness (QED) is 0.0140. The zero-order valence-electron chi connectivity index (χ0n) is 71.0. The van der Waals surface area contributed by atoms with Crippen molar-refractivity contribution in [2.75, 3.05) is 139 Å². The summed E-state index contributed by atoms with van der Waals surface area (Å²) in [5.41, 5.74) is 8.12. The van der Waals surface area contributed by atoms with Gasteiger partial charge >= 0.3 is 24.4 Å². The average molecular weight is 1830 g/mol. The Morgan fingerprint density at radius 3 is 1.89 bits per heavy atom. The van der Waals surface area contributed by atoms with Crippen molar-refractivity contribution in [1.82, 2.24) is 34.3 Å². The van der Waals surface area contributed by atoms with Gasteiger partial charge in [0.15, 0.2) is 5.78 Å². The number of nitrogens with zero attached hydrogens (tertiary/aromatic N) is 8. The molecule has 2 saturated heterocycles. The van der Waals surface area contributed by atoms with Gasteiger partial charge in [-0.1, -0.05) is 67.7 Å². The molecule has 11 amide bonds. The number of Topliss-reactive ketones (excluding diaryl/α,β-unsaturated/α-hetero) is 2. The van der Waals surface area contributed by atoms with Gasteiger partial charge in [0.25, 0.3) is 35.4 Å². The molecule has 0 spiro atoms. The second-order valence-electron chi connectivity index (χ2n) is 31.5. The number of morpholine rings is 2. The van der Waals surface area contributed by atoms with E-state index in [1.807, 2.05) is 25.1 Å². The molecule has 6 heterocycles. The minimum absolute atomic E-state index is 0.00327. The maximum absolute atomic E-state index is 15.3. The number of nitrogens with two attached hydrogens (primary N) is 1. The van der Waals surface area contributed by atoms with Crippen LogP contribution < -0.4 is 41.0 Å². The molecular weight excluding hydrogens is 1730 g/mol. The third-order valence-electron chi connectivity index (χ3n) is 22.1. The highest BCUT2D eigenvalue weighted by atomic mass is 35.5. The summed E-state index contributed by atoms with van der Waals surface area (Å²) in [6.07, 6.45) is -3.70. The Kier molecular flexibility index (Phi) is 30.8. The lowest BCUT2D eigenvalue weighted by atomic mass is 9.82. The van der Waals surface area contributed by atoms with Crippen LogP contribution in [0.15, 0.2) is 184 Å². The lowest BCUT2D eigenvalue weighted by Crippen LogP contribution is -2.40. The number of alkyl halides is 4. The number of imidazole rings is 1. The van der Waals surface area contributed by atoms with Crippen LogP contribution >= 0.6 is 35.1 Å². The third-order valence-corrected chi connectivity index (χ3v) is 24.8.